The molecule has 0 aliphatic rings. The Hall–Kier alpha value is 0.675. The van der Waals surface area contributed by atoms with Crippen LogP contribution in [0.3, 0.4) is 0 Å². The van der Waals surface area contributed by atoms with Crippen molar-refractivity contribution < 1.29 is 0 Å². The van der Waals surface area contributed by atoms with E-state index in [4.69, 9.17) is 12.1 Å². The molecule has 0 rings (SSSR count). The van der Waals surface area contributed by atoms with E-state index < -0.39 is 0 Å². The van der Waals surface area contributed by atoms with Crippen molar-refractivity contribution in [2.45, 2.75) is 0 Å². The quantitative estimate of drug-likeness (QED) is 0.339. The van der Waals surface area contributed by atoms with Gasteiger partial charge in [0.25, 0.3) is 0 Å². The van der Waals surface area contributed by atoms with E-state index in [1.807, 2.05) is 6.05 Å². The van der Waals surface area contributed by atoms with Crippen LogP contribution in [0.5, 0.6) is 0 Å². The summed E-state index contributed by atoms with van der Waals surface area (Å²) in [4.78, 5) is 0. The minimum absolute atomic E-state index is 0.644. The first kappa shape index (κ1) is 8.67. The van der Waals surface area contributed by atoms with E-state index in [1.54, 1.807) is 0 Å². The van der Waals surface area contributed by atoms with Gasteiger partial charge in [0.2, 0.25) is 0 Å². The van der Waals surface area contributed by atoms with Crippen LogP contribution < -0.4 is 0 Å². The van der Waals surface area contributed by atoms with Gasteiger partial charge in [-0.2, -0.15) is 0 Å². The first-order valence-electron chi connectivity index (χ1n) is 3.17. The second-order valence-electron chi connectivity index (χ2n) is 2.45. The zero-order valence-electron chi connectivity index (χ0n) is 5.85. The second-order valence-corrected chi connectivity index (χ2v) is 2.72. The van der Waals surface area contributed by atoms with Crippen LogP contribution in [0.1, 0.15) is 0 Å². The van der Waals surface area contributed by atoms with Crippen LogP contribution in [0.2, 0.25) is 0 Å². The molecule has 0 N–H and O–H groups in total. The first-order chi connectivity index (χ1) is 3.72. The van der Waals surface area contributed by atoms with E-state index in [0.717, 1.165) is 6.39 Å². The Kier molecular flexibility index (Phi) is 4.93. The Bertz CT molecular complexity index is 66.8. The number of rotatable bonds is 3. The molecule has 0 spiro atoms. The van der Waals surface area contributed by atoms with E-state index in [0.29, 0.717) is 6.39 Å². The van der Waals surface area contributed by atoms with Gasteiger partial charge in [-0.3, -0.25) is 0 Å². The van der Waals surface area contributed by atoms with Gasteiger partial charge < -0.3 is 0 Å². The van der Waals surface area contributed by atoms with Crippen LogP contribution in [0.25, 0.3) is 0 Å². The molecule has 0 atom stereocenters. The Morgan fingerprint density at radius 1 is 1.50 bits per heavy atom. The minimum atomic E-state index is 0.644. The second kappa shape index (κ2) is 4.54. The summed E-state index contributed by atoms with van der Waals surface area (Å²) in [5.41, 5.74) is 0. The molecule has 0 amide bonds. The molecule has 8 heteroatoms. The summed E-state index contributed by atoms with van der Waals surface area (Å²) in [5.74, 6) is 0. The van der Waals surface area contributed by atoms with Crippen LogP contribution in [0.15, 0.2) is 0 Å². The molecule has 34 valence electrons. The van der Waals surface area contributed by atoms with Gasteiger partial charge in [0.1, 0.15) is 0 Å². The molecule has 0 aromatic rings. The molecular formula is H7B7S. The van der Waals surface area contributed by atoms with E-state index in [1.165, 1.54) is 7.06 Å². The van der Waals surface area contributed by atoms with Crippen LogP contribution in [0.4, 0.5) is 0 Å². The van der Waals surface area contributed by atoms with E-state index in [9.17, 15) is 0 Å². The summed E-state index contributed by atoms with van der Waals surface area (Å²) >= 11 is 4.82. The van der Waals surface area contributed by atoms with Gasteiger partial charge in [-0.15, -0.1) is 0 Å². The van der Waals surface area contributed by atoms with Gasteiger partial charge in [-0.25, -0.2) is 0 Å². The fraction of sp³-hybridized carbons (Fsp3) is 0. The Morgan fingerprint density at radius 3 is 2.00 bits per heavy atom. The van der Waals surface area contributed by atoms with Gasteiger partial charge in [0.15, 0.2) is 0 Å². The average molecular weight is 115 g/mol. The van der Waals surface area contributed by atoms with Crippen LogP contribution in [-0.4, -0.2) is 49.1 Å². The summed E-state index contributed by atoms with van der Waals surface area (Å²) < 4.78 is 0. The van der Waals surface area contributed by atoms with Crippen molar-refractivity contribution in [3.63, 3.8) is 0 Å². The maximum atomic E-state index is 4.82. The molecule has 0 aliphatic heterocycles. The molecule has 0 nitrogen and oxygen atoms in total. The Morgan fingerprint density at radius 2 is 2.00 bits per heavy atom. The van der Waals surface area contributed by atoms with Crippen molar-refractivity contribution in [1.82, 2.24) is 0 Å². The summed E-state index contributed by atoms with van der Waals surface area (Å²) in [5, 5.41) is 0. The SMILES string of the molecule is BBB(B=S)B(B)B. The van der Waals surface area contributed by atoms with Crippen LogP contribution in [-0.2, 0) is 0 Å². The van der Waals surface area contributed by atoms with Gasteiger partial charge in [-0.1, -0.05) is 0 Å². The first-order valence-corrected chi connectivity index (χ1v) is 3.64. The molecule has 0 saturated carbocycles. The molecule has 0 fully saturated rings. The van der Waals surface area contributed by atoms with Crippen molar-refractivity contribution in [3.05, 3.63) is 0 Å². The standard InChI is InChI=1S/B7H7S/c1-4-7(5-8)6(2)3/h4H,1-3H2. The summed E-state index contributed by atoms with van der Waals surface area (Å²) in [6.07, 6.45) is 1.36. The molecule has 0 heterocycles. The summed E-state index contributed by atoms with van der Waals surface area (Å²) in [7, 11) is 7.77. The average Bonchev–Trinajstić information content (AvgIpc) is 1.69. The van der Waals surface area contributed by atoms with E-state index >= 15 is 0 Å². The third kappa shape index (κ3) is 2.86. The monoisotopic (exact) mass is 116 g/mol. The molecule has 0 radical (unpaired) electrons. The molecule has 0 aliphatic carbocycles. The van der Waals surface area contributed by atoms with Gasteiger partial charge in [0.05, 0.1) is 0 Å². The normalized spacial score (nSPS) is 7.00. The van der Waals surface area contributed by atoms with E-state index in [2.05, 4.69) is 23.2 Å². The number of hydrogen-bond donors (Lipinski definition) is 0. The summed E-state index contributed by atoms with van der Waals surface area (Å²) in [6, 6.07) is 1.88. The van der Waals surface area contributed by atoms with Crippen molar-refractivity contribution in [1.29, 1.82) is 0 Å². The molecule has 0 bridgehead atoms. The van der Waals surface area contributed by atoms with Crippen molar-refractivity contribution in [2.75, 3.05) is 0 Å². The van der Waals surface area contributed by atoms with Gasteiger partial charge >= 0.3 is 61.1 Å². The topological polar surface area (TPSA) is 0 Å². The molecule has 0 unspecified atom stereocenters. The van der Waals surface area contributed by atoms with Crippen molar-refractivity contribution >= 4 is 61.1 Å². The molecule has 0 aromatic heterocycles. The fourth-order valence-corrected chi connectivity index (χ4v) is 1.23. The Labute approximate surface area is 61.6 Å². The molecular weight excluding hydrogens is 108 g/mol. The zero-order chi connectivity index (χ0) is 6.57. The molecule has 0 saturated heterocycles. The molecule has 8 heavy (non-hydrogen) atoms. The predicted octanol–water partition coefficient (Wildman–Crippen LogP) is -3.89. The zero-order valence-corrected chi connectivity index (χ0v) is 6.66. The third-order valence-corrected chi connectivity index (χ3v) is 1.85. The number of hydrogen-bond acceptors (Lipinski definition) is 1. The predicted molar refractivity (Wildman–Crippen MR) is 57.6 cm³/mol. The summed E-state index contributed by atoms with van der Waals surface area (Å²) in [6.45, 7) is 0. The van der Waals surface area contributed by atoms with Gasteiger partial charge in [-0.05, 0) is 0 Å². The maximum absolute atomic E-state index is 4.82. The molecule has 0 aromatic carbocycles. The van der Waals surface area contributed by atoms with Crippen molar-refractivity contribution in [3.8, 4) is 0 Å². The van der Waals surface area contributed by atoms with Crippen molar-refractivity contribution in [2.24, 2.45) is 0 Å². The van der Waals surface area contributed by atoms with Crippen LogP contribution in [0, 0.1) is 0 Å². The third-order valence-electron chi connectivity index (χ3n) is 1.50. The Balaban J connectivity index is 3.51. The van der Waals surface area contributed by atoms with Crippen LogP contribution >= 0.6 is 12.1 Å². The van der Waals surface area contributed by atoms with Gasteiger partial charge in [0, 0.05) is 0 Å². The van der Waals surface area contributed by atoms with E-state index in [-0.39, 0.29) is 0 Å². The fourth-order valence-electron chi connectivity index (χ4n) is 0.725.